The zero-order chi connectivity index (χ0) is 11.4. The third-order valence-corrected chi connectivity index (χ3v) is 2.80. The Hall–Kier alpha value is -0.780. The van der Waals surface area contributed by atoms with Gasteiger partial charge in [-0.2, -0.15) is 0 Å². The topological polar surface area (TPSA) is 47.1 Å². The summed E-state index contributed by atoms with van der Waals surface area (Å²) in [6.45, 7) is 1.40. The molecule has 0 radical (unpaired) electrons. The molecule has 0 spiro atoms. The van der Waals surface area contributed by atoms with E-state index in [4.69, 9.17) is 21.7 Å². The Labute approximate surface area is 100 Å². The fourth-order valence-electron chi connectivity index (χ4n) is 1.91. The molecule has 4 nitrogen and oxygen atoms in total. The van der Waals surface area contributed by atoms with E-state index in [0.717, 1.165) is 37.4 Å². The Morgan fingerprint density at radius 3 is 3.25 bits per heavy atom. The third kappa shape index (κ3) is 3.10. The first-order chi connectivity index (χ1) is 7.78. The van der Waals surface area contributed by atoms with Gasteiger partial charge in [-0.1, -0.05) is 12.2 Å². The first kappa shape index (κ1) is 11.7. The minimum atomic E-state index is 0.288. The molecule has 1 unspecified atom stereocenters. The molecule has 1 saturated heterocycles. The Morgan fingerprint density at radius 2 is 2.56 bits per heavy atom. The van der Waals surface area contributed by atoms with Crippen LogP contribution in [0.3, 0.4) is 0 Å². The Bertz CT molecular complexity index is 399. The van der Waals surface area contributed by atoms with Crippen molar-refractivity contribution >= 4 is 12.2 Å². The van der Waals surface area contributed by atoms with Crippen molar-refractivity contribution in [3.05, 3.63) is 22.2 Å². The molecule has 0 bridgehead atoms. The Kier molecular flexibility index (Phi) is 4.04. The van der Waals surface area contributed by atoms with Gasteiger partial charge in [-0.15, -0.1) is 0 Å². The molecule has 0 aliphatic carbocycles. The van der Waals surface area contributed by atoms with Crippen LogP contribution in [0.2, 0.25) is 0 Å². The maximum absolute atomic E-state index is 5.57. The van der Waals surface area contributed by atoms with Gasteiger partial charge < -0.3 is 14.5 Å². The third-order valence-electron chi connectivity index (χ3n) is 2.59. The molecule has 2 heterocycles. The zero-order valence-corrected chi connectivity index (χ0v) is 10.2. The highest BCUT2D eigenvalue weighted by atomic mass is 32.1. The standard InChI is InChI=1S/C11H16N2O2S/c1-14-7-8-5-11(16)13-10(12-8)6-9-3-2-4-15-9/h5,9H,2-4,6-7H2,1H3,(H,12,13,16). The lowest BCUT2D eigenvalue weighted by molar-refractivity contribution is 0.109. The van der Waals surface area contributed by atoms with Crippen molar-refractivity contribution in [3.8, 4) is 0 Å². The van der Waals surface area contributed by atoms with Crippen LogP contribution in [0.5, 0.6) is 0 Å². The molecule has 0 amide bonds. The van der Waals surface area contributed by atoms with Crippen molar-refractivity contribution in [3.63, 3.8) is 0 Å². The fraction of sp³-hybridized carbons (Fsp3) is 0.636. The number of hydrogen-bond donors (Lipinski definition) is 1. The Balaban J connectivity index is 2.10. The minimum Gasteiger partial charge on any atom is -0.378 e. The number of H-pyrrole nitrogens is 1. The van der Waals surface area contributed by atoms with Gasteiger partial charge in [-0.05, 0) is 18.9 Å². The minimum absolute atomic E-state index is 0.288. The van der Waals surface area contributed by atoms with Crippen molar-refractivity contribution in [1.29, 1.82) is 0 Å². The number of aromatic amines is 1. The summed E-state index contributed by atoms with van der Waals surface area (Å²) in [4.78, 5) is 7.53. The zero-order valence-electron chi connectivity index (χ0n) is 9.36. The van der Waals surface area contributed by atoms with Crippen LogP contribution < -0.4 is 0 Å². The number of ether oxygens (including phenoxy) is 2. The second-order valence-corrected chi connectivity index (χ2v) is 4.38. The molecule has 1 fully saturated rings. The van der Waals surface area contributed by atoms with Crippen molar-refractivity contribution < 1.29 is 9.47 Å². The second kappa shape index (κ2) is 5.52. The molecular weight excluding hydrogens is 224 g/mol. The van der Waals surface area contributed by atoms with E-state index in [0.29, 0.717) is 11.2 Å². The van der Waals surface area contributed by atoms with Gasteiger partial charge in [0.25, 0.3) is 0 Å². The normalized spacial score (nSPS) is 20.2. The summed E-state index contributed by atoms with van der Waals surface area (Å²) in [6.07, 6.45) is 3.34. The first-order valence-corrected chi connectivity index (χ1v) is 5.88. The lowest BCUT2D eigenvalue weighted by atomic mass is 10.2. The van der Waals surface area contributed by atoms with Crippen LogP contribution in [-0.2, 0) is 22.5 Å². The van der Waals surface area contributed by atoms with Crippen LogP contribution in [0.1, 0.15) is 24.4 Å². The molecule has 16 heavy (non-hydrogen) atoms. The van der Waals surface area contributed by atoms with Gasteiger partial charge in [-0.3, -0.25) is 0 Å². The van der Waals surface area contributed by atoms with Crippen LogP contribution >= 0.6 is 12.2 Å². The molecule has 1 aromatic rings. The molecule has 1 N–H and O–H groups in total. The number of rotatable bonds is 4. The van der Waals surface area contributed by atoms with Gasteiger partial charge in [0, 0.05) is 25.8 Å². The number of nitrogens with one attached hydrogen (secondary N) is 1. The molecule has 0 saturated carbocycles. The van der Waals surface area contributed by atoms with Crippen molar-refractivity contribution in [1.82, 2.24) is 9.97 Å². The number of hydrogen-bond acceptors (Lipinski definition) is 4. The predicted molar refractivity (Wildman–Crippen MR) is 62.8 cm³/mol. The average molecular weight is 240 g/mol. The van der Waals surface area contributed by atoms with Crippen LogP contribution in [0.15, 0.2) is 6.07 Å². The van der Waals surface area contributed by atoms with Crippen molar-refractivity contribution in [2.75, 3.05) is 13.7 Å². The highest BCUT2D eigenvalue weighted by molar-refractivity contribution is 7.71. The lowest BCUT2D eigenvalue weighted by Gasteiger charge is -2.09. The summed E-state index contributed by atoms with van der Waals surface area (Å²) in [5.41, 5.74) is 0.968. The van der Waals surface area contributed by atoms with Gasteiger partial charge in [0.2, 0.25) is 0 Å². The molecule has 1 aliphatic heterocycles. The summed E-state index contributed by atoms with van der Waals surface area (Å²) in [6, 6.07) is 1.83. The molecular formula is C11H16N2O2S. The Morgan fingerprint density at radius 1 is 1.69 bits per heavy atom. The van der Waals surface area contributed by atoms with E-state index in [1.165, 1.54) is 0 Å². The highest BCUT2D eigenvalue weighted by Gasteiger charge is 2.17. The number of nitrogens with zero attached hydrogens (tertiary/aromatic N) is 1. The highest BCUT2D eigenvalue weighted by Crippen LogP contribution is 2.15. The van der Waals surface area contributed by atoms with Crippen LogP contribution in [-0.4, -0.2) is 29.8 Å². The summed E-state index contributed by atoms with van der Waals surface area (Å²) < 4.78 is 11.3. The van der Waals surface area contributed by atoms with Gasteiger partial charge in [-0.25, -0.2) is 4.98 Å². The molecule has 5 heteroatoms. The van der Waals surface area contributed by atoms with Gasteiger partial charge in [0.15, 0.2) is 0 Å². The fourth-order valence-corrected chi connectivity index (χ4v) is 2.17. The summed E-state index contributed by atoms with van der Waals surface area (Å²) in [5, 5.41) is 0. The van der Waals surface area contributed by atoms with Crippen molar-refractivity contribution in [2.24, 2.45) is 0 Å². The molecule has 1 atom stereocenters. The maximum Gasteiger partial charge on any atom is 0.130 e. The smallest absolute Gasteiger partial charge is 0.130 e. The molecule has 1 aliphatic rings. The van der Waals surface area contributed by atoms with Crippen LogP contribution in [0.25, 0.3) is 0 Å². The van der Waals surface area contributed by atoms with Gasteiger partial charge in [0.1, 0.15) is 10.5 Å². The molecule has 2 rings (SSSR count). The molecule has 0 aromatic carbocycles. The van der Waals surface area contributed by atoms with Crippen LogP contribution in [0.4, 0.5) is 0 Å². The van der Waals surface area contributed by atoms with E-state index in [9.17, 15) is 0 Å². The lowest BCUT2D eigenvalue weighted by Crippen LogP contribution is -2.12. The summed E-state index contributed by atoms with van der Waals surface area (Å²) >= 11 is 5.11. The van der Waals surface area contributed by atoms with E-state index in [2.05, 4.69) is 9.97 Å². The first-order valence-electron chi connectivity index (χ1n) is 5.47. The second-order valence-electron chi connectivity index (χ2n) is 3.96. The van der Waals surface area contributed by atoms with E-state index >= 15 is 0 Å². The van der Waals surface area contributed by atoms with E-state index in [-0.39, 0.29) is 6.10 Å². The maximum atomic E-state index is 5.57. The quantitative estimate of drug-likeness (QED) is 0.818. The van der Waals surface area contributed by atoms with Gasteiger partial charge in [0.05, 0.1) is 12.7 Å². The van der Waals surface area contributed by atoms with Crippen molar-refractivity contribution in [2.45, 2.75) is 32.0 Å². The number of methoxy groups -OCH3 is 1. The average Bonchev–Trinajstić information content (AvgIpc) is 2.70. The number of aromatic nitrogens is 2. The van der Waals surface area contributed by atoms with Gasteiger partial charge >= 0.3 is 0 Å². The predicted octanol–water partition coefficient (Wildman–Crippen LogP) is 2.01. The van der Waals surface area contributed by atoms with Crippen LogP contribution in [0, 0.1) is 4.64 Å². The summed E-state index contributed by atoms with van der Waals surface area (Å²) in [5.74, 6) is 0.895. The monoisotopic (exact) mass is 240 g/mol. The van der Waals surface area contributed by atoms with E-state index < -0.39 is 0 Å². The van der Waals surface area contributed by atoms with E-state index in [1.54, 1.807) is 7.11 Å². The van der Waals surface area contributed by atoms with E-state index in [1.807, 2.05) is 6.07 Å². The molecule has 88 valence electrons. The summed E-state index contributed by atoms with van der Waals surface area (Å²) in [7, 11) is 1.66. The largest absolute Gasteiger partial charge is 0.378 e. The molecule has 1 aromatic heterocycles. The SMILES string of the molecule is COCc1cc(=S)nc(CC2CCCO2)[nH]1.